The average Bonchev–Trinajstić information content (AvgIpc) is 2.80. The SMILES string of the molecule is COC1CCC(NC(=O)c2nc(N[C@H]3CCCC[C@H]3N=C(N)N)c3cc(C)ccc3n2)CC1. The number of carbonyl (C=O) groups excluding carboxylic acids is 1. The molecule has 1 amide bonds. The van der Waals surface area contributed by atoms with E-state index in [2.05, 4.69) is 25.6 Å². The molecule has 0 radical (unpaired) electrons. The second kappa shape index (κ2) is 10.3. The number of nitrogens with two attached hydrogens (primary N) is 2. The van der Waals surface area contributed by atoms with E-state index in [-0.39, 0.29) is 41.9 Å². The Morgan fingerprint density at radius 1 is 1.09 bits per heavy atom. The quantitative estimate of drug-likeness (QED) is 0.389. The molecule has 2 aliphatic rings. The third-order valence-electron chi connectivity index (χ3n) is 6.76. The van der Waals surface area contributed by atoms with Crippen molar-refractivity contribution in [2.45, 2.75) is 82.5 Å². The van der Waals surface area contributed by atoms with Gasteiger partial charge < -0.3 is 26.8 Å². The minimum Gasteiger partial charge on any atom is -0.381 e. The molecule has 178 valence electrons. The fourth-order valence-corrected chi connectivity index (χ4v) is 4.95. The lowest BCUT2D eigenvalue weighted by molar-refractivity contribution is 0.0597. The smallest absolute Gasteiger partial charge is 0.289 e. The van der Waals surface area contributed by atoms with Gasteiger partial charge in [0.25, 0.3) is 5.91 Å². The molecule has 33 heavy (non-hydrogen) atoms. The number of aromatic nitrogens is 2. The zero-order valence-corrected chi connectivity index (χ0v) is 19.5. The van der Waals surface area contributed by atoms with E-state index in [9.17, 15) is 4.79 Å². The van der Waals surface area contributed by atoms with Crippen molar-refractivity contribution in [3.8, 4) is 0 Å². The lowest BCUT2D eigenvalue weighted by Crippen LogP contribution is -2.40. The summed E-state index contributed by atoms with van der Waals surface area (Å²) in [5.41, 5.74) is 13.2. The van der Waals surface area contributed by atoms with E-state index < -0.39 is 0 Å². The van der Waals surface area contributed by atoms with Crippen molar-refractivity contribution in [1.29, 1.82) is 0 Å². The molecule has 0 aliphatic heterocycles. The summed E-state index contributed by atoms with van der Waals surface area (Å²) in [5, 5.41) is 7.56. The van der Waals surface area contributed by atoms with Crippen LogP contribution in [0, 0.1) is 6.92 Å². The maximum absolute atomic E-state index is 13.1. The molecule has 2 saturated carbocycles. The first-order valence-corrected chi connectivity index (χ1v) is 11.9. The van der Waals surface area contributed by atoms with Crippen molar-refractivity contribution in [1.82, 2.24) is 15.3 Å². The van der Waals surface area contributed by atoms with Crippen LogP contribution in [0.5, 0.6) is 0 Å². The van der Waals surface area contributed by atoms with Gasteiger partial charge in [0.05, 0.1) is 23.7 Å². The summed E-state index contributed by atoms with van der Waals surface area (Å²) < 4.78 is 5.44. The highest BCUT2D eigenvalue weighted by atomic mass is 16.5. The molecule has 0 unspecified atom stereocenters. The molecular formula is C24H35N7O2. The molecule has 0 spiro atoms. The number of benzene rings is 1. The summed E-state index contributed by atoms with van der Waals surface area (Å²) in [7, 11) is 1.74. The number of nitrogens with one attached hydrogen (secondary N) is 2. The summed E-state index contributed by atoms with van der Waals surface area (Å²) in [4.78, 5) is 26.8. The minimum absolute atomic E-state index is 0.0215. The second-order valence-corrected chi connectivity index (χ2v) is 9.26. The normalized spacial score (nSPS) is 25.4. The first-order valence-electron chi connectivity index (χ1n) is 11.9. The molecular weight excluding hydrogens is 418 g/mol. The van der Waals surface area contributed by atoms with Crippen LogP contribution < -0.4 is 22.1 Å². The molecule has 2 aliphatic carbocycles. The molecule has 1 aromatic heterocycles. The number of anilines is 1. The van der Waals surface area contributed by atoms with Crippen molar-refractivity contribution < 1.29 is 9.53 Å². The summed E-state index contributed by atoms with van der Waals surface area (Å²) in [6.45, 7) is 2.03. The molecule has 2 atom stereocenters. The third-order valence-corrected chi connectivity index (χ3v) is 6.76. The van der Waals surface area contributed by atoms with Crippen LogP contribution in [-0.4, -0.2) is 53.2 Å². The van der Waals surface area contributed by atoms with Gasteiger partial charge in [-0.2, -0.15) is 0 Å². The minimum atomic E-state index is -0.245. The Labute approximate surface area is 194 Å². The van der Waals surface area contributed by atoms with Gasteiger partial charge in [-0.25, -0.2) is 15.0 Å². The van der Waals surface area contributed by atoms with Gasteiger partial charge in [0.2, 0.25) is 5.82 Å². The predicted molar refractivity (Wildman–Crippen MR) is 130 cm³/mol. The number of hydrogen-bond donors (Lipinski definition) is 4. The number of rotatable bonds is 6. The number of amides is 1. The van der Waals surface area contributed by atoms with Crippen LogP contribution in [0.25, 0.3) is 10.9 Å². The fraction of sp³-hybridized carbons (Fsp3) is 0.583. The summed E-state index contributed by atoms with van der Waals surface area (Å²) in [6.07, 6.45) is 7.98. The van der Waals surface area contributed by atoms with Crippen LogP contribution in [-0.2, 0) is 4.74 Å². The van der Waals surface area contributed by atoms with E-state index in [1.807, 2.05) is 25.1 Å². The number of methoxy groups -OCH3 is 1. The van der Waals surface area contributed by atoms with Crippen molar-refractivity contribution in [3.63, 3.8) is 0 Å². The van der Waals surface area contributed by atoms with E-state index >= 15 is 0 Å². The molecule has 0 bridgehead atoms. The predicted octanol–water partition coefficient (Wildman–Crippen LogP) is 2.62. The largest absolute Gasteiger partial charge is 0.381 e. The van der Waals surface area contributed by atoms with Gasteiger partial charge in [-0.1, -0.05) is 24.5 Å². The Balaban J connectivity index is 1.59. The molecule has 9 nitrogen and oxygen atoms in total. The fourth-order valence-electron chi connectivity index (χ4n) is 4.95. The van der Waals surface area contributed by atoms with Gasteiger partial charge in [-0.05, 0) is 57.6 Å². The molecule has 9 heteroatoms. The van der Waals surface area contributed by atoms with E-state index in [0.717, 1.165) is 67.8 Å². The first kappa shape index (κ1) is 23.2. The highest BCUT2D eigenvalue weighted by Crippen LogP contribution is 2.28. The third kappa shape index (κ3) is 5.71. The number of hydrogen-bond acceptors (Lipinski definition) is 6. The summed E-state index contributed by atoms with van der Waals surface area (Å²) in [5.74, 6) is 0.683. The van der Waals surface area contributed by atoms with Crippen molar-refractivity contribution in [3.05, 3.63) is 29.6 Å². The molecule has 0 saturated heterocycles. The number of aryl methyl sites for hydroxylation is 1. The second-order valence-electron chi connectivity index (χ2n) is 9.26. The van der Waals surface area contributed by atoms with Gasteiger partial charge in [0, 0.05) is 18.5 Å². The Morgan fingerprint density at radius 3 is 2.58 bits per heavy atom. The van der Waals surface area contributed by atoms with Crippen LogP contribution >= 0.6 is 0 Å². The molecule has 1 aromatic carbocycles. The maximum atomic E-state index is 13.1. The lowest BCUT2D eigenvalue weighted by Gasteiger charge is -2.30. The van der Waals surface area contributed by atoms with Crippen LogP contribution in [0.15, 0.2) is 23.2 Å². The molecule has 1 heterocycles. The lowest BCUT2D eigenvalue weighted by atomic mass is 9.90. The van der Waals surface area contributed by atoms with Crippen LogP contribution in [0.1, 0.15) is 67.5 Å². The van der Waals surface area contributed by atoms with Gasteiger partial charge >= 0.3 is 0 Å². The Morgan fingerprint density at radius 2 is 1.85 bits per heavy atom. The maximum Gasteiger partial charge on any atom is 0.289 e. The summed E-state index contributed by atoms with van der Waals surface area (Å²) in [6, 6.07) is 6.11. The number of nitrogens with zero attached hydrogens (tertiary/aromatic N) is 3. The summed E-state index contributed by atoms with van der Waals surface area (Å²) >= 11 is 0. The van der Waals surface area contributed by atoms with Gasteiger partial charge in [-0.15, -0.1) is 0 Å². The topological polar surface area (TPSA) is 141 Å². The highest BCUT2D eigenvalue weighted by molar-refractivity contribution is 5.96. The average molecular weight is 454 g/mol. The highest BCUT2D eigenvalue weighted by Gasteiger charge is 2.27. The van der Waals surface area contributed by atoms with Gasteiger partial charge in [-0.3, -0.25) is 4.79 Å². The first-order chi connectivity index (χ1) is 15.9. The monoisotopic (exact) mass is 453 g/mol. The zero-order valence-electron chi connectivity index (χ0n) is 19.5. The number of guanidine groups is 1. The van der Waals surface area contributed by atoms with E-state index in [0.29, 0.717) is 5.82 Å². The van der Waals surface area contributed by atoms with Crippen molar-refractivity contribution >= 4 is 28.6 Å². The van der Waals surface area contributed by atoms with Crippen LogP contribution in [0.2, 0.25) is 0 Å². The Kier molecular flexibility index (Phi) is 7.27. The molecule has 2 fully saturated rings. The molecule has 2 aromatic rings. The van der Waals surface area contributed by atoms with Gasteiger partial charge in [0.1, 0.15) is 5.82 Å². The van der Waals surface area contributed by atoms with Gasteiger partial charge in [0.15, 0.2) is 5.96 Å². The van der Waals surface area contributed by atoms with E-state index in [1.54, 1.807) is 7.11 Å². The number of carbonyl (C=O) groups is 1. The Bertz CT molecular complexity index is 1010. The van der Waals surface area contributed by atoms with Crippen molar-refractivity contribution in [2.24, 2.45) is 16.5 Å². The Hall–Kier alpha value is -2.94. The standard InChI is InChI=1S/C24H35N7O2/c1-14-7-12-18-17(13-14)21(29-19-5-3-4-6-20(19)30-24(25)26)31-22(28-18)23(32)27-15-8-10-16(33-2)11-9-15/h7,12-13,15-16,19-20H,3-6,8-11H2,1-2H3,(H,27,32)(H4,25,26,30)(H,28,29,31)/t15?,16?,19-,20+/m0/s1. The van der Waals surface area contributed by atoms with Crippen LogP contribution in [0.3, 0.4) is 0 Å². The number of aliphatic imine (C=N–C) groups is 1. The molecule has 6 N–H and O–H groups in total. The zero-order chi connectivity index (χ0) is 23.4. The van der Waals surface area contributed by atoms with Crippen molar-refractivity contribution in [2.75, 3.05) is 12.4 Å². The number of ether oxygens (including phenoxy) is 1. The molecule has 4 rings (SSSR count). The number of fused-ring (bicyclic) bond motifs is 1. The van der Waals surface area contributed by atoms with E-state index in [1.165, 1.54) is 0 Å². The van der Waals surface area contributed by atoms with Crippen LogP contribution in [0.4, 0.5) is 5.82 Å². The van der Waals surface area contributed by atoms with E-state index in [4.69, 9.17) is 16.2 Å².